The number of benzene rings is 1. The number of hydrogen-bond donors (Lipinski definition) is 1. The number of hydrogen-bond acceptors (Lipinski definition) is 4. The monoisotopic (exact) mass is 216 g/mol. The molecule has 16 heavy (non-hydrogen) atoms. The smallest absolute Gasteiger partial charge is 0.356 e. The predicted molar refractivity (Wildman–Crippen MR) is 55.5 cm³/mol. The van der Waals surface area contributed by atoms with Crippen molar-refractivity contribution < 1.29 is 9.90 Å². The highest BCUT2D eigenvalue weighted by atomic mass is 16.4. The molecular weight excluding hydrogens is 208 g/mol. The topological polar surface area (TPSA) is 79.8 Å². The minimum absolute atomic E-state index is 0.0281. The fraction of sp³-hybridized carbons (Fsp3) is 0. The molecule has 6 heteroatoms. The Balaban J connectivity index is 2.24. The molecule has 80 valence electrons. The Hall–Kier alpha value is -2.50. The van der Waals surface area contributed by atoms with Gasteiger partial charge in [-0.1, -0.05) is 18.2 Å². The molecule has 0 bridgehead atoms. The molecule has 0 radical (unpaired) electrons. The lowest BCUT2D eigenvalue weighted by Gasteiger charge is -1.94. The highest BCUT2D eigenvalue weighted by molar-refractivity contribution is 5.85. The second kappa shape index (κ2) is 4.35. The Kier molecular flexibility index (Phi) is 2.73. The number of carboxylic acid groups (broad SMARTS) is 1. The molecule has 0 aliphatic carbocycles. The first-order valence-corrected chi connectivity index (χ1v) is 4.52. The van der Waals surface area contributed by atoms with Crippen LogP contribution in [0.3, 0.4) is 0 Å². The Bertz CT molecular complexity index is 519. The van der Waals surface area contributed by atoms with Crippen LogP contribution in [0.5, 0.6) is 0 Å². The summed E-state index contributed by atoms with van der Waals surface area (Å²) in [5.41, 5.74) is 0.606. The van der Waals surface area contributed by atoms with E-state index in [2.05, 4.69) is 15.4 Å². The van der Waals surface area contributed by atoms with E-state index >= 15 is 0 Å². The van der Waals surface area contributed by atoms with Crippen LogP contribution in [0.25, 0.3) is 0 Å². The van der Waals surface area contributed by atoms with E-state index < -0.39 is 5.97 Å². The Labute approximate surface area is 90.8 Å². The molecule has 0 spiro atoms. The van der Waals surface area contributed by atoms with Crippen molar-refractivity contribution in [3.8, 4) is 0 Å². The van der Waals surface area contributed by atoms with Crippen LogP contribution < -0.4 is 0 Å². The summed E-state index contributed by atoms with van der Waals surface area (Å²) in [4.78, 5) is 11.7. The van der Waals surface area contributed by atoms with Crippen molar-refractivity contribution in [1.82, 2.24) is 9.89 Å². The van der Waals surface area contributed by atoms with E-state index in [1.54, 1.807) is 12.1 Å². The molecule has 0 amide bonds. The van der Waals surface area contributed by atoms with Crippen LogP contribution in [0.1, 0.15) is 10.5 Å². The van der Waals surface area contributed by atoms with Gasteiger partial charge in [0.1, 0.15) is 0 Å². The standard InChI is InChI=1S/C10H8N4O2/c15-10(16)9-6-7-11-14(9)13-12-8-4-2-1-3-5-8/h1-7H,(H,15,16). The molecule has 6 nitrogen and oxygen atoms in total. The number of rotatable bonds is 3. The highest BCUT2D eigenvalue weighted by Gasteiger charge is 2.08. The molecule has 2 aromatic rings. The zero-order chi connectivity index (χ0) is 11.4. The third-order valence-corrected chi connectivity index (χ3v) is 1.84. The molecule has 0 saturated carbocycles. The van der Waals surface area contributed by atoms with Gasteiger partial charge in [-0.25, -0.2) is 4.79 Å². The van der Waals surface area contributed by atoms with E-state index in [0.717, 1.165) is 4.79 Å². The van der Waals surface area contributed by atoms with Crippen molar-refractivity contribution in [2.45, 2.75) is 0 Å². The summed E-state index contributed by atoms with van der Waals surface area (Å²) in [6.07, 6.45) is 1.35. The van der Waals surface area contributed by atoms with Gasteiger partial charge in [-0.15, -0.1) is 9.91 Å². The van der Waals surface area contributed by atoms with Crippen molar-refractivity contribution >= 4 is 11.7 Å². The van der Waals surface area contributed by atoms with Crippen molar-refractivity contribution in [3.05, 3.63) is 48.3 Å². The minimum Gasteiger partial charge on any atom is -0.476 e. The third-order valence-electron chi connectivity index (χ3n) is 1.84. The van der Waals surface area contributed by atoms with Crippen LogP contribution in [0.4, 0.5) is 5.69 Å². The lowest BCUT2D eigenvalue weighted by Crippen LogP contribution is -2.04. The summed E-state index contributed by atoms with van der Waals surface area (Å²) in [6, 6.07) is 10.4. The van der Waals surface area contributed by atoms with Gasteiger partial charge in [-0.3, -0.25) is 0 Å². The second-order valence-corrected chi connectivity index (χ2v) is 2.94. The molecular formula is C10H8N4O2. The lowest BCUT2D eigenvalue weighted by atomic mass is 10.3. The van der Waals surface area contributed by atoms with Crippen LogP contribution in [0.2, 0.25) is 0 Å². The normalized spacial score (nSPS) is 10.8. The van der Waals surface area contributed by atoms with Gasteiger partial charge in [0.05, 0.1) is 11.9 Å². The van der Waals surface area contributed by atoms with Gasteiger partial charge in [0, 0.05) is 0 Å². The van der Waals surface area contributed by atoms with Crippen molar-refractivity contribution in [1.29, 1.82) is 0 Å². The summed E-state index contributed by atoms with van der Waals surface area (Å²) < 4.78 is 0. The van der Waals surface area contributed by atoms with Crippen molar-refractivity contribution in [3.63, 3.8) is 0 Å². The zero-order valence-corrected chi connectivity index (χ0v) is 8.19. The van der Waals surface area contributed by atoms with Crippen molar-refractivity contribution in [2.24, 2.45) is 10.3 Å². The van der Waals surface area contributed by atoms with Gasteiger partial charge in [0.15, 0.2) is 5.69 Å². The third kappa shape index (κ3) is 2.11. The van der Waals surface area contributed by atoms with E-state index in [-0.39, 0.29) is 5.69 Å². The maximum atomic E-state index is 10.7. The van der Waals surface area contributed by atoms with Gasteiger partial charge in [-0.05, 0) is 23.4 Å². The number of carbonyl (C=O) groups is 1. The Morgan fingerprint density at radius 2 is 2.00 bits per heavy atom. The predicted octanol–water partition coefficient (Wildman–Crippen LogP) is 2.13. The zero-order valence-electron chi connectivity index (χ0n) is 8.19. The number of aromatic nitrogens is 2. The largest absolute Gasteiger partial charge is 0.476 e. The minimum atomic E-state index is -1.09. The average Bonchev–Trinajstić information content (AvgIpc) is 2.76. The molecule has 0 aliphatic rings. The SMILES string of the molecule is O=C(O)c1ccnn1N=Nc1ccccc1. The average molecular weight is 216 g/mol. The van der Waals surface area contributed by atoms with Crippen LogP contribution in [0.15, 0.2) is 52.9 Å². The van der Waals surface area contributed by atoms with Gasteiger partial charge in [-0.2, -0.15) is 5.10 Å². The van der Waals surface area contributed by atoms with E-state index in [4.69, 9.17) is 5.11 Å². The van der Waals surface area contributed by atoms with Gasteiger partial charge < -0.3 is 5.11 Å². The summed E-state index contributed by atoms with van der Waals surface area (Å²) in [5, 5.41) is 20.1. The number of nitrogens with zero attached hydrogens (tertiary/aromatic N) is 4. The van der Waals surface area contributed by atoms with Gasteiger partial charge in [0.2, 0.25) is 0 Å². The molecule has 0 saturated heterocycles. The van der Waals surface area contributed by atoms with E-state index in [0.29, 0.717) is 5.69 Å². The van der Waals surface area contributed by atoms with Crippen LogP contribution >= 0.6 is 0 Å². The van der Waals surface area contributed by atoms with Crippen LogP contribution in [0, 0.1) is 0 Å². The van der Waals surface area contributed by atoms with E-state index in [1.807, 2.05) is 18.2 Å². The second-order valence-electron chi connectivity index (χ2n) is 2.94. The first-order chi connectivity index (χ1) is 7.77. The van der Waals surface area contributed by atoms with Crippen molar-refractivity contribution in [2.75, 3.05) is 0 Å². The maximum Gasteiger partial charge on any atom is 0.356 e. The quantitative estimate of drug-likeness (QED) is 0.798. The summed E-state index contributed by atoms with van der Waals surface area (Å²) in [5.74, 6) is -1.09. The molecule has 1 aromatic heterocycles. The maximum absolute atomic E-state index is 10.7. The summed E-state index contributed by atoms with van der Waals surface area (Å²) in [6.45, 7) is 0. The molecule has 1 aromatic carbocycles. The highest BCUT2D eigenvalue weighted by Crippen LogP contribution is 2.10. The van der Waals surface area contributed by atoms with Crippen LogP contribution in [-0.4, -0.2) is 21.0 Å². The number of aromatic carboxylic acids is 1. The van der Waals surface area contributed by atoms with E-state index in [1.165, 1.54) is 12.3 Å². The molecule has 1 N–H and O–H groups in total. The lowest BCUT2D eigenvalue weighted by molar-refractivity contribution is 0.0684. The van der Waals surface area contributed by atoms with Gasteiger partial charge in [0.25, 0.3) is 0 Å². The molecule has 0 unspecified atom stereocenters. The van der Waals surface area contributed by atoms with Gasteiger partial charge >= 0.3 is 5.97 Å². The first-order valence-electron chi connectivity index (χ1n) is 4.52. The molecule has 2 rings (SSSR count). The first kappa shape index (κ1) is 10.0. The Morgan fingerprint density at radius 3 is 2.69 bits per heavy atom. The summed E-state index contributed by atoms with van der Waals surface area (Å²) >= 11 is 0. The van der Waals surface area contributed by atoms with E-state index in [9.17, 15) is 4.79 Å². The summed E-state index contributed by atoms with van der Waals surface area (Å²) in [7, 11) is 0. The molecule has 0 fully saturated rings. The fourth-order valence-corrected chi connectivity index (χ4v) is 1.11. The van der Waals surface area contributed by atoms with Crippen LogP contribution in [-0.2, 0) is 0 Å². The Morgan fingerprint density at radius 1 is 1.25 bits per heavy atom. The molecule has 0 atom stereocenters. The molecule has 0 aliphatic heterocycles. The molecule has 1 heterocycles. The fourth-order valence-electron chi connectivity index (χ4n) is 1.11. The number of carboxylic acids is 1.